The van der Waals surface area contributed by atoms with E-state index in [4.69, 9.17) is 5.73 Å². The first-order valence-corrected chi connectivity index (χ1v) is 8.03. The third-order valence-electron chi connectivity index (χ3n) is 4.37. The van der Waals surface area contributed by atoms with Crippen molar-refractivity contribution in [2.75, 3.05) is 37.3 Å². The van der Waals surface area contributed by atoms with E-state index < -0.39 is 0 Å². The van der Waals surface area contributed by atoms with Gasteiger partial charge in [-0.05, 0) is 38.0 Å². The number of likely N-dealkylation sites (N-methyl/N-ethyl adjacent to an activating group) is 1. The number of rotatable bonds is 2. The van der Waals surface area contributed by atoms with E-state index in [0.29, 0.717) is 5.82 Å². The van der Waals surface area contributed by atoms with Crippen molar-refractivity contribution in [3.8, 4) is 11.1 Å². The van der Waals surface area contributed by atoms with Crippen LogP contribution in [-0.4, -0.2) is 41.5 Å². The van der Waals surface area contributed by atoms with E-state index in [1.165, 1.54) is 16.5 Å². The van der Waals surface area contributed by atoms with Crippen LogP contribution >= 0.6 is 11.5 Å². The van der Waals surface area contributed by atoms with Gasteiger partial charge in [0, 0.05) is 25.2 Å². The van der Waals surface area contributed by atoms with Crippen molar-refractivity contribution in [1.29, 1.82) is 0 Å². The highest BCUT2D eigenvalue weighted by molar-refractivity contribution is 7.11. The van der Waals surface area contributed by atoms with Gasteiger partial charge in [0.2, 0.25) is 0 Å². The lowest BCUT2D eigenvalue weighted by molar-refractivity contribution is 0.139. The van der Waals surface area contributed by atoms with Gasteiger partial charge in [-0.1, -0.05) is 30.3 Å². The fraction of sp³-hybridized carbons (Fsp3) is 0.438. The average molecular weight is 302 g/mol. The Bertz CT molecular complexity index is 620. The molecule has 0 unspecified atom stereocenters. The van der Waals surface area contributed by atoms with Crippen LogP contribution in [0.5, 0.6) is 0 Å². The van der Waals surface area contributed by atoms with E-state index in [9.17, 15) is 0 Å². The van der Waals surface area contributed by atoms with Crippen molar-refractivity contribution in [1.82, 2.24) is 9.27 Å². The summed E-state index contributed by atoms with van der Waals surface area (Å²) in [4.78, 5) is 4.84. The lowest BCUT2D eigenvalue weighted by Gasteiger charge is -2.45. The molecule has 1 aliphatic heterocycles. The van der Waals surface area contributed by atoms with E-state index >= 15 is 0 Å². The summed E-state index contributed by atoms with van der Waals surface area (Å²) in [6.07, 6.45) is 0. The summed E-state index contributed by atoms with van der Waals surface area (Å²) >= 11 is 1.51. The standard InChI is InChI=1S/C16H22N4S/c1-16(2)11-20(10-9-19(16)3)15-13(14(17)18-21-15)12-7-5-4-6-8-12/h4-8H,9-11H2,1-3H3,(H2,17,18). The normalized spacial score (nSPS) is 18.9. The average Bonchev–Trinajstić information content (AvgIpc) is 2.84. The van der Waals surface area contributed by atoms with Gasteiger partial charge in [0.15, 0.2) is 0 Å². The van der Waals surface area contributed by atoms with E-state index in [0.717, 1.165) is 30.8 Å². The van der Waals surface area contributed by atoms with Gasteiger partial charge in [-0.2, -0.15) is 4.37 Å². The van der Waals surface area contributed by atoms with Crippen molar-refractivity contribution in [2.24, 2.45) is 0 Å². The lowest BCUT2D eigenvalue weighted by atomic mass is 9.99. The second-order valence-electron chi connectivity index (χ2n) is 6.27. The molecule has 1 aliphatic rings. The van der Waals surface area contributed by atoms with E-state index in [-0.39, 0.29) is 5.54 Å². The summed E-state index contributed by atoms with van der Waals surface area (Å²) in [6, 6.07) is 10.3. The first-order chi connectivity index (χ1) is 9.99. The molecule has 5 heteroatoms. The van der Waals surface area contributed by atoms with Gasteiger partial charge in [0.25, 0.3) is 0 Å². The van der Waals surface area contributed by atoms with Crippen molar-refractivity contribution in [2.45, 2.75) is 19.4 Å². The van der Waals surface area contributed by atoms with Crippen LogP contribution in [0.15, 0.2) is 30.3 Å². The second kappa shape index (κ2) is 5.31. The molecule has 0 bridgehead atoms. The predicted octanol–water partition coefficient (Wildman–Crippen LogP) is 2.92. The van der Waals surface area contributed by atoms with Crippen molar-refractivity contribution >= 4 is 22.4 Å². The molecular weight excluding hydrogens is 280 g/mol. The van der Waals surface area contributed by atoms with Crippen LogP contribution in [-0.2, 0) is 0 Å². The molecule has 0 amide bonds. The minimum absolute atomic E-state index is 0.158. The Morgan fingerprint density at radius 1 is 1.19 bits per heavy atom. The highest BCUT2D eigenvalue weighted by Gasteiger charge is 2.33. The van der Waals surface area contributed by atoms with E-state index in [2.05, 4.69) is 47.2 Å². The van der Waals surface area contributed by atoms with Gasteiger partial charge >= 0.3 is 0 Å². The van der Waals surface area contributed by atoms with Gasteiger partial charge in [-0.25, -0.2) is 0 Å². The van der Waals surface area contributed by atoms with Crippen LogP contribution in [0.4, 0.5) is 10.8 Å². The highest BCUT2D eigenvalue weighted by Crippen LogP contribution is 2.40. The maximum Gasteiger partial charge on any atom is 0.147 e. The van der Waals surface area contributed by atoms with Crippen LogP contribution in [0.2, 0.25) is 0 Å². The number of nitrogens with two attached hydrogens (primary N) is 1. The van der Waals surface area contributed by atoms with Gasteiger partial charge in [-0.3, -0.25) is 4.90 Å². The maximum absolute atomic E-state index is 6.14. The molecular formula is C16H22N4S. The summed E-state index contributed by atoms with van der Waals surface area (Å²) in [7, 11) is 2.19. The van der Waals surface area contributed by atoms with Crippen LogP contribution in [0.25, 0.3) is 11.1 Å². The molecule has 1 fully saturated rings. The van der Waals surface area contributed by atoms with Crippen molar-refractivity contribution in [3.05, 3.63) is 30.3 Å². The largest absolute Gasteiger partial charge is 0.382 e. The molecule has 21 heavy (non-hydrogen) atoms. The number of anilines is 2. The molecule has 1 aromatic carbocycles. The van der Waals surface area contributed by atoms with Gasteiger partial charge in [0.05, 0.1) is 5.56 Å². The molecule has 0 aliphatic carbocycles. The number of benzene rings is 1. The maximum atomic E-state index is 6.14. The SMILES string of the molecule is CN1CCN(c2snc(N)c2-c2ccccc2)CC1(C)C. The zero-order valence-electron chi connectivity index (χ0n) is 12.8. The first kappa shape index (κ1) is 14.4. The molecule has 1 saturated heterocycles. The third kappa shape index (κ3) is 2.63. The Hall–Kier alpha value is -1.59. The summed E-state index contributed by atoms with van der Waals surface area (Å²) in [5.41, 5.74) is 8.53. The zero-order valence-corrected chi connectivity index (χ0v) is 13.7. The Morgan fingerprint density at radius 3 is 2.57 bits per heavy atom. The molecule has 4 nitrogen and oxygen atoms in total. The van der Waals surface area contributed by atoms with Gasteiger partial charge in [0.1, 0.15) is 10.8 Å². The Labute approximate surface area is 130 Å². The molecule has 2 heterocycles. The summed E-state index contributed by atoms with van der Waals surface area (Å²) < 4.78 is 4.40. The molecule has 112 valence electrons. The van der Waals surface area contributed by atoms with Crippen LogP contribution in [0.1, 0.15) is 13.8 Å². The smallest absolute Gasteiger partial charge is 0.147 e. The minimum atomic E-state index is 0.158. The number of hydrogen-bond acceptors (Lipinski definition) is 5. The topological polar surface area (TPSA) is 45.4 Å². The van der Waals surface area contributed by atoms with Crippen LogP contribution in [0, 0.1) is 0 Å². The monoisotopic (exact) mass is 302 g/mol. The molecule has 0 atom stereocenters. The van der Waals surface area contributed by atoms with Crippen LogP contribution in [0.3, 0.4) is 0 Å². The number of nitrogen functional groups attached to an aromatic ring is 1. The quantitative estimate of drug-likeness (QED) is 0.926. The first-order valence-electron chi connectivity index (χ1n) is 7.26. The minimum Gasteiger partial charge on any atom is -0.382 e. The molecule has 0 spiro atoms. The molecule has 1 aromatic heterocycles. The van der Waals surface area contributed by atoms with Gasteiger partial charge < -0.3 is 10.6 Å². The fourth-order valence-corrected chi connectivity index (χ4v) is 3.66. The third-order valence-corrected chi connectivity index (χ3v) is 5.29. The Morgan fingerprint density at radius 2 is 1.90 bits per heavy atom. The summed E-state index contributed by atoms with van der Waals surface area (Å²) in [5.74, 6) is 0.637. The lowest BCUT2D eigenvalue weighted by Crippen LogP contribution is -2.57. The number of piperazine rings is 1. The summed E-state index contributed by atoms with van der Waals surface area (Å²) in [6.45, 7) is 7.63. The van der Waals surface area contributed by atoms with Gasteiger partial charge in [-0.15, -0.1) is 0 Å². The number of aromatic nitrogens is 1. The van der Waals surface area contributed by atoms with Crippen molar-refractivity contribution in [3.63, 3.8) is 0 Å². The highest BCUT2D eigenvalue weighted by atomic mass is 32.1. The Balaban J connectivity index is 1.98. The second-order valence-corrected chi connectivity index (χ2v) is 7.02. The predicted molar refractivity (Wildman–Crippen MR) is 90.9 cm³/mol. The molecule has 0 radical (unpaired) electrons. The number of hydrogen-bond donors (Lipinski definition) is 1. The zero-order chi connectivity index (χ0) is 15.0. The Kier molecular flexibility index (Phi) is 3.63. The molecule has 2 aromatic rings. The van der Waals surface area contributed by atoms with E-state index in [1.807, 2.05) is 18.2 Å². The molecule has 3 rings (SSSR count). The van der Waals surface area contributed by atoms with Crippen molar-refractivity contribution < 1.29 is 0 Å². The molecule has 2 N–H and O–H groups in total. The molecule has 0 saturated carbocycles. The fourth-order valence-electron chi connectivity index (χ4n) is 2.80. The summed E-state index contributed by atoms with van der Waals surface area (Å²) in [5, 5.41) is 1.19. The van der Waals surface area contributed by atoms with E-state index in [1.54, 1.807) is 0 Å². The van der Waals surface area contributed by atoms with Crippen LogP contribution < -0.4 is 10.6 Å². The number of nitrogens with zero attached hydrogens (tertiary/aromatic N) is 3.